The molecule has 0 bridgehead atoms. The number of methoxy groups -OCH3 is 1. The van der Waals surface area contributed by atoms with Crippen LogP contribution in [0.3, 0.4) is 0 Å². The number of aliphatic carboxylic acids is 1. The van der Waals surface area contributed by atoms with Crippen LogP contribution in [0.2, 0.25) is 0 Å². The number of fused-ring (bicyclic) bond motifs is 1. The second kappa shape index (κ2) is 14.6. The molecule has 0 radical (unpaired) electrons. The number of pyridine rings is 1. The van der Waals surface area contributed by atoms with Crippen molar-refractivity contribution in [2.75, 3.05) is 41.5 Å². The molecule has 1 amide bonds. The van der Waals surface area contributed by atoms with Gasteiger partial charge in [-0.05, 0) is 62.4 Å². The first-order valence-corrected chi connectivity index (χ1v) is 16.0. The Morgan fingerprint density at radius 3 is 2.24 bits per heavy atom. The highest BCUT2D eigenvalue weighted by Crippen LogP contribution is 2.44. The SMILES string of the molecule is CCOC(=O)N1c2ccc(OC)nc2C(N(Cc2cc(C(F)(F)F)cc(C(F)(F)F)c2)c2ncc(N3CCCC(C(=O)O)C3)cn2)CC1CC. The normalized spacial score (nSPS) is 19.5. The van der Waals surface area contributed by atoms with Gasteiger partial charge in [0.05, 0.1) is 66.3 Å². The minimum absolute atomic E-state index is 0.0356. The number of anilines is 3. The number of alkyl halides is 6. The van der Waals surface area contributed by atoms with Gasteiger partial charge in [0.25, 0.3) is 0 Å². The Morgan fingerprint density at radius 1 is 1.02 bits per heavy atom. The van der Waals surface area contributed by atoms with Crippen LogP contribution in [-0.4, -0.2) is 65.0 Å². The van der Waals surface area contributed by atoms with Crippen LogP contribution < -0.4 is 19.4 Å². The summed E-state index contributed by atoms with van der Waals surface area (Å²) < 4.78 is 94.0. The number of amides is 1. The number of hydrogen-bond donors (Lipinski definition) is 1. The number of nitrogens with zero attached hydrogens (tertiary/aromatic N) is 6. The Hall–Kier alpha value is -4.83. The van der Waals surface area contributed by atoms with E-state index in [4.69, 9.17) is 9.47 Å². The zero-order valence-corrected chi connectivity index (χ0v) is 27.5. The van der Waals surface area contributed by atoms with Gasteiger partial charge in [0.1, 0.15) is 0 Å². The fraction of sp³-hybridized carbons (Fsp3) is 0.485. The first kappa shape index (κ1) is 36.5. The topological polar surface area (TPSA) is 121 Å². The lowest BCUT2D eigenvalue weighted by molar-refractivity contribution is -0.143. The number of halogens is 6. The molecule has 1 fully saturated rings. The molecule has 2 aromatic heterocycles. The lowest BCUT2D eigenvalue weighted by atomic mass is 9.92. The predicted octanol–water partition coefficient (Wildman–Crippen LogP) is 7.11. The highest BCUT2D eigenvalue weighted by Gasteiger charge is 2.42. The quantitative estimate of drug-likeness (QED) is 0.230. The van der Waals surface area contributed by atoms with Crippen LogP contribution in [-0.2, 0) is 28.4 Å². The standard InChI is InChI=1S/C33H36F6N6O5/c1-4-23-14-26(28-25(8-9-27(42-28)49-3)45(23)31(48)50-5-2)44(17-19-11-21(32(34,35)36)13-22(12-19)33(37,38)39)30-40-15-24(16-41-30)43-10-6-7-20(18-43)29(46)47/h8-9,11-13,15-16,20,23,26H,4-7,10,14,17-18H2,1-3H3,(H,46,47). The Kier molecular flexibility index (Phi) is 10.6. The Bertz CT molecular complexity index is 1660. The summed E-state index contributed by atoms with van der Waals surface area (Å²) in [7, 11) is 1.38. The van der Waals surface area contributed by atoms with Gasteiger partial charge in [0.2, 0.25) is 11.8 Å². The first-order chi connectivity index (χ1) is 23.6. The molecule has 2 aliphatic rings. The second-order valence-electron chi connectivity index (χ2n) is 12.0. The predicted molar refractivity (Wildman–Crippen MR) is 169 cm³/mol. The lowest BCUT2D eigenvalue weighted by Crippen LogP contribution is -2.48. The van der Waals surface area contributed by atoms with Gasteiger partial charge < -0.3 is 24.4 Å². The van der Waals surface area contributed by atoms with E-state index in [-0.39, 0.29) is 48.7 Å². The molecule has 3 unspecified atom stereocenters. The molecule has 0 saturated carbocycles. The number of aromatic nitrogens is 3. The van der Waals surface area contributed by atoms with E-state index < -0.39 is 60.1 Å². The number of ether oxygens (including phenoxy) is 2. The highest BCUT2D eigenvalue weighted by molar-refractivity contribution is 5.90. The smallest absolute Gasteiger partial charge is 0.416 e. The summed E-state index contributed by atoms with van der Waals surface area (Å²) >= 11 is 0. The number of carboxylic acids is 1. The van der Waals surface area contributed by atoms with Crippen LogP contribution in [0, 0.1) is 5.92 Å². The van der Waals surface area contributed by atoms with Crippen LogP contribution in [0.4, 0.5) is 48.5 Å². The summed E-state index contributed by atoms with van der Waals surface area (Å²) in [5.41, 5.74) is -2.19. The molecule has 11 nitrogen and oxygen atoms in total. The summed E-state index contributed by atoms with van der Waals surface area (Å²) in [5.74, 6) is -1.41. The summed E-state index contributed by atoms with van der Waals surface area (Å²) in [6.07, 6.45) is -6.23. The van der Waals surface area contributed by atoms with Crippen LogP contribution in [0.5, 0.6) is 5.88 Å². The molecule has 5 rings (SSSR count). The first-order valence-electron chi connectivity index (χ1n) is 16.0. The summed E-state index contributed by atoms with van der Waals surface area (Å²) in [5, 5.41) is 9.53. The van der Waals surface area contributed by atoms with Crippen molar-refractivity contribution in [3.8, 4) is 5.88 Å². The molecule has 1 aromatic carbocycles. The van der Waals surface area contributed by atoms with Crippen molar-refractivity contribution in [1.82, 2.24) is 15.0 Å². The van der Waals surface area contributed by atoms with Crippen molar-refractivity contribution in [2.45, 2.75) is 70.5 Å². The zero-order valence-electron chi connectivity index (χ0n) is 27.5. The summed E-state index contributed by atoms with van der Waals surface area (Å²) in [6.45, 7) is 3.82. The number of benzene rings is 1. The summed E-state index contributed by atoms with van der Waals surface area (Å²) in [6, 6.07) is 3.11. The van der Waals surface area contributed by atoms with Crippen molar-refractivity contribution < 1.29 is 50.5 Å². The van der Waals surface area contributed by atoms with Gasteiger partial charge in [-0.25, -0.2) is 19.7 Å². The number of rotatable bonds is 9. The molecule has 2 aliphatic heterocycles. The third kappa shape index (κ3) is 7.81. The molecule has 1 N–H and O–H groups in total. The van der Waals surface area contributed by atoms with E-state index in [2.05, 4.69) is 15.0 Å². The third-order valence-corrected chi connectivity index (χ3v) is 8.85. The minimum atomic E-state index is -5.07. The average Bonchev–Trinajstić information content (AvgIpc) is 3.09. The van der Waals surface area contributed by atoms with Gasteiger partial charge in [0.15, 0.2) is 0 Å². The monoisotopic (exact) mass is 710 g/mol. The molecular weight excluding hydrogens is 674 g/mol. The second-order valence-corrected chi connectivity index (χ2v) is 12.0. The molecule has 17 heteroatoms. The van der Waals surface area contributed by atoms with E-state index in [1.165, 1.54) is 35.4 Å². The number of hydrogen-bond acceptors (Lipinski definition) is 9. The van der Waals surface area contributed by atoms with Crippen LogP contribution in [0.1, 0.15) is 68.0 Å². The average molecular weight is 711 g/mol. The molecule has 270 valence electrons. The molecule has 1 saturated heterocycles. The van der Waals surface area contributed by atoms with E-state index in [0.29, 0.717) is 49.3 Å². The Labute approximate surface area is 283 Å². The Morgan fingerprint density at radius 2 is 1.68 bits per heavy atom. The van der Waals surface area contributed by atoms with Gasteiger partial charge in [-0.2, -0.15) is 26.3 Å². The van der Waals surface area contributed by atoms with Crippen LogP contribution in [0.25, 0.3) is 0 Å². The number of carboxylic acid groups (broad SMARTS) is 1. The van der Waals surface area contributed by atoms with Crippen LogP contribution >= 0.6 is 0 Å². The van der Waals surface area contributed by atoms with E-state index >= 15 is 0 Å². The largest absolute Gasteiger partial charge is 0.481 e. The molecule has 0 spiro atoms. The maximum absolute atomic E-state index is 13.9. The Balaban J connectivity index is 1.65. The number of piperidine rings is 1. The van der Waals surface area contributed by atoms with E-state index in [1.54, 1.807) is 13.0 Å². The highest BCUT2D eigenvalue weighted by atomic mass is 19.4. The number of carbonyl (C=O) groups is 2. The fourth-order valence-corrected chi connectivity index (χ4v) is 6.41. The maximum Gasteiger partial charge on any atom is 0.416 e. The van der Waals surface area contributed by atoms with E-state index in [0.717, 1.165) is 0 Å². The summed E-state index contributed by atoms with van der Waals surface area (Å²) in [4.78, 5) is 43.2. The fourth-order valence-electron chi connectivity index (χ4n) is 6.41. The molecule has 3 atom stereocenters. The van der Waals surface area contributed by atoms with Crippen molar-refractivity contribution in [3.05, 3.63) is 65.1 Å². The van der Waals surface area contributed by atoms with Gasteiger partial charge in [-0.1, -0.05) is 6.92 Å². The van der Waals surface area contributed by atoms with Crippen molar-refractivity contribution in [2.24, 2.45) is 5.92 Å². The van der Waals surface area contributed by atoms with E-state index in [1.807, 2.05) is 11.8 Å². The lowest BCUT2D eigenvalue weighted by Gasteiger charge is -2.43. The molecule has 4 heterocycles. The van der Waals surface area contributed by atoms with Crippen molar-refractivity contribution >= 4 is 29.4 Å². The molecule has 3 aromatic rings. The van der Waals surface area contributed by atoms with Gasteiger partial charge in [0, 0.05) is 31.7 Å². The molecule has 50 heavy (non-hydrogen) atoms. The van der Waals surface area contributed by atoms with Crippen LogP contribution in [0.15, 0.2) is 42.7 Å². The van der Waals surface area contributed by atoms with Gasteiger partial charge in [-0.15, -0.1) is 0 Å². The minimum Gasteiger partial charge on any atom is -0.481 e. The number of carbonyl (C=O) groups excluding carboxylic acids is 1. The van der Waals surface area contributed by atoms with Crippen molar-refractivity contribution in [1.29, 1.82) is 0 Å². The van der Waals surface area contributed by atoms with Crippen molar-refractivity contribution in [3.63, 3.8) is 0 Å². The third-order valence-electron chi connectivity index (χ3n) is 8.85. The van der Waals surface area contributed by atoms with E-state index in [9.17, 15) is 41.0 Å². The van der Waals surface area contributed by atoms with Gasteiger partial charge >= 0.3 is 24.4 Å². The molecule has 0 aliphatic carbocycles. The molecular formula is C33H36F6N6O5. The zero-order chi connectivity index (χ0) is 36.4. The van der Waals surface area contributed by atoms with Gasteiger partial charge in [-0.3, -0.25) is 9.69 Å². The maximum atomic E-state index is 13.9.